The Morgan fingerprint density at radius 3 is 2.67 bits per heavy atom. The minimum Gasteiger partial charge on any atom is -0.349 e. The smallest absolute Gasteiger partial charge is 0.241 e. The molecule has 1 atom stereocenters. The molecule has 1 aromatic carbocycles. The predicted octanol–water partition coefficient (Wildman–Crippen LogP) is 2.82. The van der Waals surface area contributed by atoms with Crippen molar-refractivity contribution in [2.24, 2.45) is 0 Å². The Hall–Kier alpha value is -2.22. The maximum atomic E-state index is 12.3. The van der Waals surface area contributed by atoms with E-state index in [4.69, 9.17) is 4.52 Å². The van der Waals surface area contributed by atoms with Gasteiger partial charge in [0, 0.05) is 6.42 Å². The van der Waals surface area contributed by atoms with Crippen LogP contribution in [0.1, 0.15) is 61.1 Å². The molecule has 2 rings (SSSR count). The predicted molar refractivity (Wildman–Crippen MR) is 103 cm³/mol. The lowest BCUT2D eigenvalue weighted by Gasteiger charge is -2.15. The Kier molecular flexibility index (Phi) is 7.12. The van der Waals surface area contributed by atoms with Crippen molar-refractivity contribution in [1.82, 2.24) is 15.5 Å². The van der Waals surface area contributed by atoms with Gasteiger partial charge in [0.2, 0.25) is 11.8 Å². The van der Waals surface area contributed by atoms with E-state index in [1.165, 1.54) is 0 Å². The highest BCUT2D eigenvalue weighted by Crippen LogP contribution is 2.17. The summed E-state index contributed by atoms with van der Waals surface area (Å²) in [4.78, 5) is 16.3. The van der Waals surface area contributed by atoms with Gasteiger partial charge < -0.3 is 9.84 Å². The van der Waals surface area contributed by atoms with Crippen LogP contribution in [0.15, 0.2) is 22.7 Å². The first-order chi connectivity index (χ1) is 12.7. The van der Waals surface area contributed by atoms with Gasteiger partial charge in [0.05, 0.1) is 6.04 Å². The van der Waals surface area contributed by atoms with Crippen LogP contribution in [0.5, 0.6) is 0 Å². The number of unbranched alkanes of at least 4 members (excludes halogenated alkanes) is 1. The van der Waals surface area contributed by atoms with Gasteiger partial charge in [0.25, 0.3) is 0 Å². The minimum atomic E-state index is -3.69. The van der Waals surface area contributed by atoms with E-state index in [-0.39, 0.29) is 11.9 Å². The van der Waals surface area contributed by atoms with E-state index in [0.717, 1.165) is 29.5 Å². The number of aryl methyl sites for hydroxylation is 3. The summed E-state index contributed by atoms with van der Waals surface area (Å²) in [7, 11) is -3.69. The van der Waals surface area contributed by atoms with Gasteiger partial charge in [-0.05, 0) is 43.9 Å². The van der Waals surface area contributed by atoms with Gasteiger partial charge in [-0.25, -0.2) is 8.42 Å². The van der Waals surface area contributed by atoms with Gasteiger partial charge in [-0.3, -0.25) is 4.79 Å². The fraction of sp³-hybridized carbons (Fsp3) is 0.526. The molecule has 1 amide bonds. The van der Waals surface area contributed by atoms with Gasteiger partial charge in [0.1, 0.15) is 11.5 Å². The molecule has 0 saturated carbocycles. The summed E-state index contributed by atoms with van der Waals surface area (Å²) in [5, 5.41) is 6.50. The quantitative estimate of drug-likeness (QED) is 0.703. The fourth-order valence-corrected chi connectivity index (χ4v) is 3.70. The summed E-state index contributed by atoms with van der Waals surface area (Å²) in [6, 6.07) is 5.62. The van der Waals surface area contributed by atoms with Crippen molar-refractivity contribution < 1.29 is 17.7 Å². The molecular formula is C19H27N3O4S. The minimum absolute atomic E-state index is 0.0242. The Bertz CT molecular complexity index is 890. The molecule has 8 heteroatoms. The third-order valence-corrected chi connectivity index (χ3v) is 5.76. The molecule has 1 aromatic heterocycles. The molecule has 27 heavy (non-hydrogen) atoms. The van der Waals surface area contributed by atoms with Crippen LogP contribution in [0.4, 0.5) is 0 Å². The molecule has 0 saturated heterocycles. The highest BCUT2D eigenvalue weighted by Gasteiger charge is 2.22. The summed E-state index contributed by atoms with van der Waals surface area (Å²) in [5.41, 5.74) is 3.22. The van der Waals surface area contributed by atoms with E-state index in [1.807, 2.05) is 45.9 Å². The molecule has 0 aliphatic carbocycles. The number of amides is 1. The molecule has 0 spiro atoms. The monoisotopic (exact) mass is 393 g/mol. The average Bonchev–Trinajstić information content (AvgIpc) is 3.01. The first kappa shape index (κ1) is 21.1. The lowest BCUT2D eigenvalue weighted by molar-refractivity contribution is -0.119. The van der Waals surface area contributed by atoms with Crippen LogP contribution in [0, 0.1) is 13.8 Å². The summed E-state index contributed by atoms with van der Waals surface area (Å²) < 4.78 is 29.5. The van der Waals surface area contributed by atoms with Crippen LogP contribution in [0.3, 0.4) is 0 Å². The standard InChI is InChI=1S/C19H27N3O4S/c1-5-6-7-17-21-19(26-22-17)12-27(24,25)11-18(23)20-15(4)16-9-8-13(2)14(3)10-16/h8-10,15H,5-7,11-12H2,1-4H3,(H,20,23). The van der Waals surface area contributed by atoms with E-state index in [2.05, 4.69) is 15.5 Å². The molecule has 0 bridgehead atoms. The van der Waals surface area contributed by atoms with Crippen molar-refractivity contribution in [3.8, 4) is 0 Å². The number of hydrogen-bond donors (Lipinski definition) is 1. The molecule has 0 radical (unpaired) electrons. The highest BCUT2D eigenvalue weighted by atomic mass is 32.2. The van der Waals surface area contributed by atoms with Crippen LogP contribution in [-0.2, 0) is 26.8 Å². The Morgan fingerprint density at radius 1 is 1.26 bits per heavy atom. The van der Waals surface area contributed by atoms with E-state index in [0.29, 0.717) is 12.2 Å². The summed E-state index contributed by atoms with van der Waals surface area (Å²) in [6.07, 6.45) is 2.54. The summed E-state index contributed by atoms with van der Waals surface area (Å²) in [5.74, 6) is -1.08. The second-order valence-electron chi connectivity index (χ2n) is 6.87. The zero-order chi connectivity index (χ0) is 20.0. The molecule has 0 aliphatic rings. The number of nitrogens with one attached hydrogen (secondary N) is 1. The first-order valence-electron chi connectivity index (χ1n) is 9.08. The van der Waals surface area contributed by atoms with Gasteiger partial charge in [-0.1, -0.05) is 36.7 Å². The van der Waals surface area contributed by atoms with Crippen LogP contribution >= 0.6 is 0 Å². The van der Waals surface area contributed by atoms with Gasteiger partial charge >= 0.3 is 0 Å². The third kappa shape index (κ3) is 6.46. The molecule has 1 N–H and O–H groups in total. The van der Waals surface area contributed by atoms with E-state index < -0.39 is 27.3 Å². The molecule has 1 unspecified atom stereocenters. The number of aromatic nitrogens is 2. The topological polar surface area (TPSA) is 102 Å². The second-order valence-corrected chi connectivity index (χ2v) is 8.94. The number of carbonyl (C=O) groups is 1. The van der Waals surface area contributed by atoms with Crippen LogP contribution < -0.4 is 5.32 Å². The van der Waals surface area contributed by atoms with E-state index in [9.17, 15) is 13.2 Å². The summed E-state index contributed by atoms with van der Waals surface area (Å²) >= 11 is 0. The lowest BCUT2D eigenvalue weighted by Crippen LogP contribution is -2.32. The van der Waals surface area contributed by atoms with Crippen LogP contribution in [0.25, 0.3) is 0 Å². The maximum Gasteiger partial charge on any atom is 0.241 e. The normalized spacial score (nSPS) is 12.7. The van der Waals surface area contributed by atoms with Gasteiger partial charge in [-0.2, -0.15) is 4.98 Å². The zero-order valence-electron chi connectivity index (χ0n) is 16.3. The van der Waals surface area contributed by atoms with Crippen LogP contribution in [-0.4, -0.2) is 30.2 Å². The van der Waals surface area contributed by atoms with Crippen molar-refractivity contribution in [1.29, 1.82) is 0 Å². The molecule has 2 aromatic rings. The van der Waals surface area contributed by atoms with Crippen molar-refractivity contribution in [2.45, 2.75) is 58.8 Å². The highest BCUT2D eigenvalue weighted by molar-refractivity contribution is 7.91. The number of rotatable bonds is 9. The average molecular weight is 394 g/mol. The fourth-order valence-electron chi connectivity index (χ4n) is 2.62. The van der Waals surface area contributed by atoms with Crippen molar-refractivity contribution >= 4 is 15.7 Å². The maximum absolute atomic E-state index is 12.3. The van der Waals surface area contributed by atoms with Crippen molar-refractivity contribution in [3.05, 3.63) is 46.6 Å². The van der Waals surface area contributed by atoms with E-state index in [1.54, 1.807) is 0 Å². The largest absolute Gasteiger partial charge is 0.349 e. The second kappa shape index (κ2) is 9.12. The number of benzene rings is 1. The Labute approximate surface area is 160 Å². The van der Waals surface area contributed by atoms with Crippen molar-refractivity contribution in [3.63, 3.8) is 0 Å². The molecule has 7 nitrogen and oxygen atoms in total. The number of hydrogen-bond acceptors (Lipinski definition) is 6. The number of nitrogens with zero attached hydrogens (tertiary/aromatic N) is 2. The van der Waals surface area contributed by atoms with Crippen LogP contribution in [0.2, 0.25) is 0 Å². The van der Waals surface area contributed by atoms with Crippen molar-refractivity contribution in [2.75, 3.05) is 5.75 Å². The molecule has 0 fully saturated rings. The van der Waals surface area contributed by atoms with Gasteiger partial charge in [0.15, 0.2) is 15.7 Å². The SMILES string of the molecule is CCCCc1noc(CS(=O)(=O)CC(=O)NC(C)c2ccc(C)c(C)c2)n1. The molecular weight excluding hydrogens is 366 g/mol. The zero-order valence-corrected chi connectivity index (χ0v) is 17.1. The third-order valence-electron chi connectivity index (χ3n) is 4.37. The Balaban J connectivity index is 1.93. The van der Waals surface area contributed by atoms with Gasteiger partial charge in [-0.15, -0.1) is 0 Å². The van der Waals surface area contributed by atoms with E-state index >= 15 is 0 Å². The lowest BCUT2D eigenvalue weighted by atomic mass is 10.0. The number of sulfone groups is 1. The Morgan fingerprint density at radius 2 is 2.00 bits per heavy atom. The number of carbonyl (C=O) groups excluding carboxylic acids is 1. The summed E-state index contributed by atoms with van der Waals surface area (Å²) in [6.45, 7) is 7.88. The molecule has 1 heterocycles. The molecule has 148 valence electrons. The first-order valence-corrected chi connectivity index (χ1v) is 10.9. The molecule has 0 aliphatic heterocycles.